The standard InChI is InChI=1S/C14H24IN2O3/c1-13(2)8-10(14(3,4)17(13)20)11(18)6-5-7-16-12(19)9-15/h10H,5-9H2,1-4H3,(H,16,19). The number of hydroxylamine groups is 2. The maximum absolute atomic E-state index is 12.3. The highest BCUT2D eigenvalue weighted by Crippen LogP contribution is 2.44. The van der Waals surface area contributed by atoms with Crippen molar-refractivity contribution in [1.29, 1.82) is 0 Å². The number of hydrogen-bond acceptors (Lipinski definition) is 3. The maximum atomic E-state index is 12.3. The molecule has 1 unspecified atom stereocenters. The monoisotopic (exact) mass is 395 g/mol. The SMILES string of the molecule is CC1(C)CC(C(=O)CCCNC(=O)CI)C(C)(C)N1[O]. The van der Waals surface area contributed by atoms with E-state index < -0.39 is 11.1 Å². The summed E-state index contributed by atoms with van der Waals surface area (Å²) >= 11 is 2.00. The highest BCUT2D eigenvalue weighted by Gasteiger charge is 2.54. The zero-order valence-corrected chi connectivity index (χ0v) is 14.8. The first-order valence-corrected chi connectivity index (χ1v) is 8.48. The zero-order valence-electron chi connectivity index (χ0n) is 12.7. The van der Waals surface area contributed by atoms with E-state index in [-0.39, 0.29) is 17.6 Å². The van der Waals surface area contributed by atoms with Gasteiger partial charge in [-0.05, 0) is 40.5 Å². The lowest BCUT2D eigenvalue weighted by atomic mass is 9.82. The molecule has 1 heterocycles. The smallest absolute Gasteiger partial charge is 0.229 e. The molecule has 1 amide bonds. The van der Waals surface area contributed by atoms with Crippen molar-refractivity contribution in [2.75, 3.05) is 11.0 Å². The third-order valence-electron chi connectivity index (χ3n) is 4.06. The van der Waals surface area contributed by atoms with Crippen molar-refractivity contribution in [3.8, 4) is 0 Å². The van der Waals surface area contributed by atoms with Crippen LogP contribution in [0.2, 0.25) is 0 Å². The van der Waals surface area contributed by atoms with Gasteiger partial charge in [0.05, 0.1) is 9.97 Å². The Bertz CT molecular complexity index is 383. The number of halogens is 1. The molecule has 1 aliphatic rings. The van der Waals surface area contributed by atoms with Gasteiger partial charge >= 0.3 is 0 Å². The number of nitrogens with one attached hydrogen (secondary N) is 1. The molecule has 5 nitrogen and oxygen atoms in total. The summed E-state index contributed by atoms with van der Waals surface area (Å²) < 4.78 is 0.431. The molecule has 1 N–H and O–H groups in total. The van der Waals surface area contributed by atoms with Gasteiger partial charge < -0.3 is 5.32 Å². The topological polar surface area (TPSA) is 69.3 Å². The minimum absolute atomic E-state index is 0.00823. The van der Waals surface area contributed by atoms with E-state index in [4.69, 9.17) is 0 Å². The van der Waals surface area contributed by atoms with Gasteiger partial charge in [0.2, 0.25) is 5.91 Å². The van der Waals surface area contributed by atoms with Crippen molar-refractivity contribution in [3.63, 3.8) is 0 Å². The molecule has 1 fully saturated rings. The predicted octanol–water partition coefficient (Wildman–Crippen LogP) is 2.11. The Kier molecular flexibility index (Phi) is 5.98. The van der Waals surface area contributed by atoms with Gasteiger partial charge in [-0.2, -0.15) is 0 Å². The van der Waals surface area contributed by atoms with Crippen molar-refractivity contribution in [3.05, 3.63) is 0 Å². The lowest BCUT2D eigenvalue weighted by Crippen LogP contribution is -2.47. The van der Waals surface area contributed by atoms with Crippen LogP contribution in [0.25, 0.3) is 0 Å². The number of alkyl halides is 1. The Morgan fingerprint density at radius 2 is 1.90 bits per heavy atom. The molecular weight excluding hydrogens is 371 g/mol. The van der Waals surface area contributed by atoms with E-state index in [1.165, 1.54) is 0 Å². The molecule has 20 heavy (non-hydrogen) atoms. The van der Waals surface area contributed by atoms with E-state index >= 15 is 0 Å². The molecule has 1 radical (unpaired) electrons. The van der Waals surface area contributed by atoms with Crippen molar-refractivity contribution < 1.29 is 14.8 Å². The summed E-state index contributed by atoms with van der Waals surface area (Å²) in [4.78, 5) is 23.4. The van der Waals surface area contributed by atoms with E-state index in [1.54, 1.807) is 0 Å². The van der Waals surface area contributed by atoms with E-state index in [2.05, 4.69) is 5.32 Å². The molecule has 0 saturated carbocycles. The molecule has 1 atom stereocenters. The number of carbonyl (C=O) groups excluding carboxylic acids is 2. The van der Waals surface area contributed by atoms with Crippen LogP contribution in [-0.2, 0) is 14.8 Å². The zero-order chi connectivity index (χ0) is 15.6. The first-order valence-electron chi connectivity index (χ1n) is 6.96. The number of nitrogens with zero attached hydrogens (tertiary/aromatic N) is 1. The third kappa shape index (κ3) is 3.92. The Morgan fingerprint density at radius 1 is 1.30 bits per heavy atom. The first-order chi connectivity index (χ1) is 9.13. The molecule has 0 aromatic carbocycles. The van der Waals surface area contributed by atoms with Gasteiger partial charge in [0.15, 0.2) is 0 Å². The van der Waals surface area contributed by atoms with E-state index in [0.717, 1.165) is 5.06 Å². The van der Waals surface area contributed by atoms with Gasteiger partial charge in [-0.25, -0.2) is 0 Å². The number of carbonyl (C=O) groups is 2. The van der Waals surface area contributed by atoms with Crippen LogP contribution in [0.4, 0.5) is 0 Å². The van der Waals surface area contributed by atoms with Gasteiger partial charge in [0.1, 0.15) is 5.78 Å². The maximum Gasteiger partial charge on any atom is 0.229 e. The molecule has 1 saturated heterocycles. The normalized spacial score (nSPS) is 24.6. The largest absolute Gasteiger partial charge is 0.355 e. The number of amides is 1. The lowest BCUT2D eigenvalue weighted by molar-refractivity contribution is -0.247. The Labute approximate surface area is 134 Å². The third-order valence-corrected chi connectivity index (χ3v) is 4.75. The van der Waals surface area contributed by atoms with Crippen LogP contribution in [0.1, 0.15) is 47.0 Å². The fraction of sp³-hybridized carbons (Fsp3) is 0.857. The minimum atomic E-state index is -0.647. The van der Waals surface area contributed by atoms with Crippen LogP contribution >= 0.6 is 22.6 Å². The summed E-state index contributed by atoms with van der Waals surface area (Å²) in [5.41, 5.74) is -1.13. The van der Waals surface area contributed by atoms with Crippen molar-refractivity contribution in [2.24, 2.45) is 5.92 Å². The summed E-state index contributed by atoms with van der Waals surface area (Å²) in [6, 6.07) is 0. The van der Waals surface area contributed by atoms with Crippen molar-refractivity contribution in [2.45, 2.75) is 58.0 Å². The van der Waals surface area contributed by atoms with Crippen molar-refractivity contribution >= 4 is 34.3 Å². The molecule has 0 aliphatic carbocycles. The second-order valence-corrected chi connectivity index (χ2v) is 7.33. The lowest BCUT2D eigenvalue weighted by Gasteiger charge is -2.33. The van der Waals surface area contributed by atoms with Crippen LogP contribution in [0.15, 0.2) is 0 Å². The van der Waals surface area contributed by atoms with Gasteiger partial charge in [-0.3, -0.25) is 9.59 Å². The Morgan fingerprint density at radius 3 is 2.35 bits per heavy atom. The molecule has 1 aliphatic heterocycles. The van der Waals surface area contributed by atoms with Crippen LogP contribution in [0, 0.1) is 5.92 Å². The van der Waals surface area contributed by atoms with Crippen molar-refractivity contribution in [1.82, 2.24) is 10.4 Å². The van der Waals surface area contributed by atoms with Gasteiger partial charge in [0, 0.05) is 24.4 Å². The van der Waals surface area contributed by atoms with Crippen LogP contribution < -0.4 is 5.32 Å². The quantitative estimate of drug-likeness (QED) is 0.426. The van der Waals surface area contributed by atoms with E-state index in [9.17, 15) is 14.8 Å². The van der Waals surface area contributed by atoms with Gasteiger partial charge in [-0.15, -0.1) is 10.3 Å². The molecule has 0 aromatic heterocycles. The second-order valence-electron chi connectivity index (χ2n) is 6.57. The number of hydrogen-bond donors (Lipinski definition) is 1. The molecule has 0 spiro atoms. The van der Waals surface area contributed by atoms with Crippen LogP contribution in [0.5, 0.6) is 0 Å². The van der Waals surface area contributed by atoms with Crippen LogP contribution in [-0.4, -0.2) is 38.8 Å². The average Bonchev–Trinajstić information content (AvgIpc) is 2.54. The first kappa shape index (κ1) is 17.8. The molecule has 115 valence electrons. The number of Topliss-reactive ketones (excluding diaryl/α,β-unsaturated/α-hetero) is 1. The van der Waals surface area contributed by atoms with E-state index in [0.29, 0.717) is 30.2 Å². The Balaban J connectivity index is 2.50. The summed E-state index contributed by atoms with van der Waals surface area (Å²) in [5, 5.41) is 16.1. The predicted molar refractivity (Wildman–Crippen MR) is 84.9 cm³/mol. The van der Waals surface area contributed by atoms with E-state index in [1.807, 2.05) is 50.3 Å². The molecule has 1 rings (SSSR count). The molecule has 0 bridgehead atoms. The summed E-state index contributed by atoms with van der Waals surface area (Å²) in [6.07, 6.45) is 1.65. The highest BCUT2D eigenvalue weighted by molar-refractivity contribution is 14.1. The fourth-order valence-corrected chi connectivity index (χ4v) is 3.24. The number of ketones is 1. The molecule has 6 heteroatoms. The van der Waals surface area contributed by atoms with Gasteiger partial charge in [-0.1, -0.05) is 22.6 Å². The molecule has 0 aromatic rings. The average molecular weight is 395 g/mol. The fourth-order valence-electron chi connectivity index (χ4n) is 2.97. The minimum Gasteiger partial charge on any atom is -0.355 e. The highest BCUT2D eigenvalue weighted by atomic mass is 127. The summed E-state index contributed by atoms with van der Waals surface area (Å²) in [7, 11) is 0. The summed E-state index contributed by atoms with van der Waals surface area (Å²) in [6.45, 7) is 7.97. The number of rotatable bonds is 6. The summed E-state index contributed by atoms with van der Waals surface area (Å²) in [5.74, 6) is -0.105. The molecular formula is C14H24IN2O3. The second kappa shape index (κ2) is 6.70. The Hall–Kier alpha value is -0.210. The van der Waals surface area contributed by atoms with Crippen LogP contribution in [0.3, 0.4) is 0 Å². The van der Waals surface area contributed by atoms with Gasteiger partial charge in [0.25, 0.3) is 0 Å².